The number of fused-ring (bicyclic) bond motifs is 1. The van der Waals surface area contributed by atoms with Gasteiger partial charge in [-0.2, -0.15) is 0 Å². The third-order valence-corrected chi connectivity index (χ3v) is 4.10. The number of aliphatic imine (C=N–C) groups is 1. The Morgan fingerprint density at radius 3 is 2.76 bits per heavy atom. The van der Waals surface area contributed by atoms with Gasteiger partial charge in [-0.15, -0.1) is 0 Å². The van der Waals surface area contributed by atoms with Crippen LogP contribution in [0.15, 0.2) is 65.8 Å². The fraction of sp³-hybridized carbons (Fsp3) is 0.150. The zero-order valence-electron chi connectivity index (χ0n) is 13.8. The van der Waals surface area contributed by atoms with Gasteiger partial charge in [0.15, 0.2) is 0 Å². The minimum atomic E-state index is -0.183. The molecule has 2 heterocycles. The molecule has 1 amide bonds. The van der Waals surface area contributed by atoms with E-state index >= 15 is 0 Å². The second kappa shape index (κ2) is 6.36. The molecule has 0 radical (unpaired) electrons. The fourth-order valence-corrected chi connectivity index (χ4v) is 2.88. The van der Waals surface area contributed by atoms with Crippen LogP contribution in [0.4, 0.5) is 5.69 Å². The van der Waals surface area contributed by atoms with Crippen molar-refractivity contribution in [3.63, 3.8) is 0 Å². The number of anilines is 1. The lowest BCUT2D eigenvalue weighted by molar-refractivity contribution is 0.102. The molecular weight excluding hydrogens is 314 g/mol. The minimum absolute atomic E-state index is 0.128. The van der Waals surface area contributed by atoms with Gasteiger partial charge in [-0.1, -0.05) is 30.3 Å². The number of aromatic nitrogens is 1. The van der Waals surface area contributed by atoms with E-state index in [4.69, 9.17) is 4.74 Å². The standard InChI is InChI=1S/C20H17N3O2/c1-13-12-25-20(22-13)16-7-3-5-9-18(16)23-19(24)15-10-11-21-17-8-4-2-6-14(15)17/h2-11,13H,12H2,1H3,(H,23,24)/t13-/m0/s1. The number of hydrogen-bond acceptors (Lipinski definition) is 4. The fourth-order valence-electron chi connectivity index (χ4n) is 2.88. The number of rotatable bonds is 3. The molecule has 25 heavy (non-hydrogen) atoms. The molecule has 4 rings (SSSR count). The van der Waals surface area contributed by atoms with Crippen LogP contribution in [-0.2, 0) is 4.74 Å². The molecule has 0 aliphatic carbocycles. The number of hydrogen-bond donors (Lipinski definition) is 1. The highest BCUT2D eigenvalue weighted by Gasteiger charge is 2.20. The summed E-state index contributed by atoms with van der Waals surface area (Å²) in [6.07, 6.45) is 1.65. The van der Waals surface area contributed by atoms with Crippen molar-refractivity contribution < 1.29 is 9.53 Å². The van der Waals surface area contributed by atoms with E-state index < -0.39 is 0 Å². The molecule has 0 bridgehead atoms. The Kier molecular flexibility index (Phi) is 3.90. The molecule has 0 unspecified atom stereocenters. The molecular formula is C20H17N3O2. The lowest BCUT2D eigenvalue weighted by Gasteiger charge is -2.12. The smallest absolute Gasteiger partial charge is 0.256 e. The number of carbonyl (C=O) groups is 1. The number of benzene rings is 2. The van der Waals surface area contributed by atoms with Crippen molar-refractivity contribution in [3.05, 3.63) is 71.9 Å². The highest BCUT2D eigenvalue weighted by molar-refractivity contribution is 6.14. The van der Waals surface area contributed by atoms with Crippen molar-refractivity contribution >= 4 is 28.4 Å². The molecule has 3 aromatic rings. The van der Waals surface area contributed by atoms with Crippen LogP contribution >= 0.6 is 0 Å². The average molecular weight is 331 g/mol. The molecule has 1 atom stereocenters. The van der Waals surface area contributed by atoms with Gasteiger partial charge < -0.3 is 10.1 Å². The third-order valence-electron chi connectivity index (χ3n) is 4.10. The van der Waals surface area contributed by atoms with Crippen LogP contribution in [0.3, 0.4) is 0 Å². The summed E-state index contributed by atoms with van der Waals surface area (Å²) < 4.78 is 5.64. The second-order valence-corrected chi connectivity index (χ2v) is 5.97. The van der Waals surface area contributed by atoms with E-state index in [1.807, 2.05) is 55.5 Å². The second-order valence-electron chi connectivity index (χ2n) is 5.97. The summed E-state index contributed by atoms with van der Waals surface area (Å²) in [7, 11) is 0. The normalized spacial score (nSPS) is 16.4. The van der Waals surface area contributed by atoms with Gasteiger partial charge in [0.05, 0.1) is 28.4 Å². The maximum Gasteiger partial charge on any atom is 0.256 e. The Bertz CT molecular complexity index is 976. The summed E-state index contributed by atoms with van der Waals surface area (Å²) in [4.78, 5) is 21.6. The summed E-state index contributed by atoms with van der Waals surface area (Å²) in [5.41, 5.74) is 2.85. The Morgan fingerprint density at radius 2 is 1.92 bits per heavy atom. The highest BCUT2D eigenvalue weighted by atomic mass is 16.5. The largest absolute Gasteiger partial charge is 0.475 e. The summed E-state index contributed by atoms with van der Waals surface area (Å²) in [6, 6.07) is 17.0. The van der Waals surface area contributed by atoms with Gasteiger partial charge >= 0.3 is 0 Å². The number of nitrogens with one attached hydrogen (secondary N) is 1. The molecule has 5 nitrogen and oxygen atoms in total. The van der Waals surface area contributed by atoms with Gasteiger partial charge in [0.2, 0.25) is 5.90 Å². The average Bonchev–Trinajstić information content (AvgIpc) is 3.08. The lowest BCUT2D eigenvalue weighted by atomic mass is 10.1. The van der Waals surface area contributed by atoms with Crippen LogP contribution < -0.4 is 5.32 Å². The van der Waals surface area contributed by atoms with Crippen LogP contribution in [0.5, 0.6) is 0 Å². The molecule has 1 aromatic heterocycles. The van der Waals surface area contributed by atoms with E-state index in [0.29, 0.717) is 23.8 Å². The monoisotopic (exact) mass is 331 g/mol. The van der Waals surface area contributed by atoms with Crippen molar-refractivity contribution in [2.75, 3.05) is 11.9 Å². The minimum Gasteiger partial charge on any atom is -0.475 e. The van der Waals surface area contributed by atoms with Crippen LogP contribution in [0.1, 0.15) is 22.8 Å². The van der Waals surface area contributed by atoms with E-state index in [1.165, 1.54) is 0 Å². The first-order chi connectivity index (χ1) is 12.2. The first-order valence-electron chi connectivity index (χ1n) is 8.17. The molecule has 1 aliphatic heterocycles. The Hall–Kier alpha value is -3.21. The van der Waals surface area contributed by atoms with Crippen molar-refractivity contribution in [3.8, 4) is 0 Å². The molecule has 124 valence electrons. The van der Waals surface area contributed by atoms with E-state index in [9.17, 15) is 4.79 Å². The van der Waals surface area contributed by atoms with Crippen molar-refractivity contribution in [2.45, 2.75) is 13.0 Å². The summed E-state index contributed by atoms with van der Waals surface area (Å²) in [6.45, 7) is 2.56. The van der Waals surface area contributed by atoms with Crippen molar-refractivity contribution in [1.29, 1.82) is 0 Å². The van der Waals surface area contributed by atoms with Gasteiger partial charge in [-0.05, 0) is 31.2 Å². The molecule has 2 aromatic carbocycles. The Morgan fingerprint density at radius 1 is 1.12 bits per heavy atom. The lowest BCUT2D eigenvalue weighted by Crippen LogP contribution is -2.15. The SMILES string of the molecule is C[C@H]1COC(c2ccccc2NC(=O)c2ccnc3ccccc23)=N1. The van der Waals surface area contributed by atoms with Crippen molar-refractivity contribution in [1.82, 2.24) is 4.98 Å². The molecule has 1 aliphatic rings. The predicted molar refractivity (Wildman–Crippen MR) is 98.1 cm³/mol. The van der Waals surface area contributed by atoms with E-state index in [1.54, 1.807) is 12.3 Å². The van der Waals surface area contributed by atoms with Gasteiger partial charge in [-0.3, -0.25) is 9.78 Å². The number of amides is 1. The van der Waals surface area contributed by atoms with E-state index in [0.717, 1.165) is 16.5 Å². The molecule has 1 N–H and O–H groups in total. The summed E-state index contributed by atoms with van der Waals surface area (Å²) >= 11 is 0. The van der Waals surface area contributed by atoms with E-state index in [2.05, 4.69) is 15.3 Å². The number of pyridine rings is 1. The van der Waals surface area contributed by atoms with Crippen LogP contribution in [0.2, 0.25) is 0 Å². The van der Waals surface area contributed by atoms with Gasteiger partial charge in [0, 0.05) is 11.6 Å². The van der Waals surface area contributed by atoms with Gasteiger partial charge in [-0.25, -0.2) is 4.99 Å². The number of ether oxygens (including phenoxy) is 1. The topological polar surface area (TPSA) is 63.6 Å². The number of nitrogens with zero attached hydrogens (tertiary/aromatic N) is 2. The third kappa shape index (κ3) is 2.96. The first-order valence-corrected chi connectivity index (χ1v) is 8.17. The quantitative estimate of drug-likeness (QED) is 0.797. The molecule has 0 spiro atoms. The van der Waals surface area contributed by atoms with Gasteiger partial charge in [0.25, 0.3) is 5.91 Å². The van der Waals surface area contributed by atoms with Crippen LogP contribution in [-0.4, -0.2) is 29.4 Å². The predicted octanol–water partition coefficient (Wildman–Crippen LogP) is 3.65. The summed E-state index contributed by atoms with van der Waals surface area (Å²) in [5, 5.41) is 3.81. The maximum absolute atomic E-state index is 12.8. The maximum atomic E-state index is 12.8. The zero-order chi connectivity index (χ0) is 17.2. The van der Waals surface area contributed by atoms with Crippen LogP contribution in [0, 0.1) is 0 Å². The molecule has 0 saturated carbocycles. The number of para-hydroxylation sites is 2. The highest BCUT2D eigenvalue weighted by Crippen LogP contribution is 2.23. The Labute approximate surface area is 145 Å². The Balaban J connectivity index is 1.69. The summed E-state index contributed by atoms with van der Waals surface area (Å²) in [5.74, 6) is 0.390. The van der Waals surface area contributed by atoms with Gasteiger partial charge in [0.1, 0.15) is 6.61 Å². The van der Waals surface area contributed by atoms with Crippen molar-refractivity contribution in [2.24, 2.45) is 4.99 Å². The molecule has 0 saturated heterocycles. The first kappa shape index (κ1) is 15.3. The molecule has 0 fully saturated rings. The number of carbonyl (C=O) groups excluding carboxylic acids is 1. The zero-order valence-corrected chi connectivity index (χ0v) is 13.8. The molecule has 5 heteroatoms. The van der Waals surface area contributed by atoms with E-state index in [-0.39, 0.29) is 11.9 Å². The van der Waals surface area contributed by atoms with Crippen LogP contribution in [0.25, 0.3) is 10.9 Å².